The monoisotopic (exact) mass is 213 g/mol. The lowest BCUT2D eigenvalue weighted by atomic mass is 9.87. The van der Waals surface area contributed by atoms with Crippen molar-refractivity contribution in [3.8, 4) is 0 Å². The smallest absolute Gasteiger partial charge is 0.0949 e. The molecule has 83 valence electrons. The topological polar surface area (TPSA) is 17.8 Å². The van der Waals surface area contributed by atoms with Crippen LogP contribution in [0.5, 0.6) is 0 Å². The van der Waals surface area contributed by atoms with E-state index in [9.17, 15) is 0 Å². The first kappa shape index (κ1) is 10.9. The lowest BCUT2D eigenvalue weighted by Gasteiger charge is -2.18. The van der Waals surface area contributed by atoms with Crippen molar-refractivity contribution in [3.05, 3.63) is 54.1 Å². The van der Waals surface area contributed by atoms with Crippen molar-refractivity contribution in [2.45, 2.75) is 32.7 Å². The van der Waals surface area contributed by atoms with Gasteiger partial charge in [0.05, 0.1) is 6.33 Å². The molecule has 0 aliphatic rings. The first-order valence-corrected chi connectivity index (χ1v) is 5.52. The zero-order chi connectivity index (χ0) is 11.6. The first-order valence-electron chi connectivity index (χ1n) is 5.52. The van der Waals surface area contributed by atoms with Gasteiger partial charge in [-0.15, -0.1) is 0 Å². The van der Waals surface area contributed by atoms with Gasteiger partial charge in [0.2, 0.25) is 0 Å². The third kappa shape index (κ3) is 2.51. The minimum Gasteiger partial charge on any atom is -0.333 e. The third-order valence-electron chi connectivity index (χ3n) is 2.61. The molecule has 1 aromatic carbocycles. The van der Waals surface area contributed by atoms with Crippen LogP contribution in [0.15, 0.2) is 36.9 Å². The Balaban J connectivity index is 2.14. The van der Waals surface area contributed by atoms with E-state index in [4.69, 9.17) is 0 Å². The molecule has 2 aromatic rings. The molecule has 0 spiro atoms. The summed E-state index contributed by atoms with van der Waals surface area (Å²) < 4.78 is 2.06. The average Bonchev–Trinajstić information content (AvgIpc) is 2.70. The number of imidazole rings is 1. The molecule has 1 heterocycles. The summed E-state index contributed by atoms with van der Waals surface area (Å²) in [6, 6.07) is 9.75. The maximum absolute atomic E-state index is 4.03. The molecule has 1 radical (unpaired) electrons. The van der Waals surface area contributed by atoms with Gasteiger partial charge in [0, 0.05) is 18.9 Å². The molecule has 2 nitrogen and oxygen atoms in total. The highest BCUT2D eigenvalue weighted by Gasteiger charge is 2.12. The van der Waals surface area contributed by atoms with Crippen molar-refractivity contribution < 1.29 is 0 Å². The summed E-state index contributed by atoms with van der Waals surface area (Å²) in [5.74, 6) is 0. The Morgan fingerprint density at radius 1 is 1.31 bits per heavy atom. The van der Waals surface area contributed by atoms with Gasteiger partial charge in [-0.2, -0.15) is 0 Å². The van der Waals surface area contributed by atoms with Crippen LogP contribution in [0.2, 0.25) is 0 Å². The molecule has 2 heteroatoms. The fourth-order valence-electron chi connectivity index (χ4n) is 1.61. The van der Waals surface area contributed by atoms with Crippen molar-refractivity contribution >= 4 is 0 Å². The Labute approximate surface area is 97.0 Å². The van der Waals surface area contributed by atoms with Crippen LogP contribution >= 0.6 is 0 Å². The van der Waals surface area contributed by atoms with Crippen molar-refractivity contribution in [2.75, 3.05) is 0 Å². The Morgan fingerprint density at radius 3 is 2.62 bits per heavy atom. The van der Waals surface area contributed by atoms with Gasteiger partial charge in [0.15, 0.2) is 0 Å². The summed E-state index contributed by atoms with van der Waals surface area (Å²) >= 11 is 0. The van der Waals surface area contributed by atoms with E-state index in [0.717, 1.165) is 6.54 Å². The molecular formula is C14H17N2. The molecule has 0 saturated heterocycles. The zero-order valence-electron chi connectivity index (χ0n) is 10.1. The Hall–Kier alpha value is -1.57. The van der Waals surface area contributed by atoms with E-state index in [0.29, 0.717) is 0 Å². The molecule has 0 unspecified atom stereocenters. The summed E-state index contributed by atoms with van der Waals surface area (Å²) in [6.07, 6.45) is 5.60. The first-order chi connectivity index (χ1) is 7.55. The highest BCUT2D eigenvalue weighted by atomic mass is 15.0. The van der Waals surface area contributed by atoms with Crippen molar-refractivity contribution in [2.24, 2.45) is 0 Å². The quantitative estimate of drug-likeness (QED) is 0.749. The van der Waals surface area contributed by atoms with E-state index in [1.165, 1.54) is 11.1 Å². The minimum absolute atomic E-state index is 0.174. The molecular weight excluding hydrogens is 196 g/mol. The van der Waals surface area contributed by atoms with Crippen molar-refractivity contribution in [3.63, 3.8) is 0 Å². The molecule has 1 aromatic heterocycles. The number of aromatic nitrogens is 2. The number of nitrogens with zero attached hydrogens (tertiary/aromatic N) is 2. The highest BCUT2D eigenvalue weighted by molar-refractivity contribution is 5.26. The number of rotatable bonds is 2. The van der Waals surface area contributed by atoms with Gasteiger partial charge in [-0.3, -0.25) is 0 Å². The van der Waals surface area contributed by atoms with E-state index < -0.39 is 0 Å². The lowest BCUT2D eigenvalue weighted by Crippen LogP contribution is -2.11. The second kappa shape index (κ2) is 4.12. The molecule has 0 fully saturated rings. The summed E-state index contributed by atoms with van der Waals surface area (Å²) in [5.41, 5.74) is 2.68. The molecule has 2 rings (SSSR count). The second-order valence-electron chi connectivity index (χ2n) is 5.10. The molecule has 0 bridgehead atoms. The van der Waals surface area contributed by atoms with Gasteiger partial charge >= 0.3 is 0 Å². The van der Waals surface area contributed by atoms with Crippen LogP contribution in [0, 0.1) is 6.07 Å². The van der Waals surface area contributed by atoms with E-state index in [-0.39, 0.29) is 5.41 Å². The molecule has 0 aliphatic heterocycles. The van der Waals surface area contributed by atoms with Crippen LogP contribution in [-0.4, -0.2) is 9.55 Å². The SMILES string of the molecule is CC(C)(C)c1[c]cc(Cn2ccnc2)cc1. The fourth-order valence-corrected chi connectivity index (χ4v) is 1.61. The predicted octanol–water partition coefficient (Wildman–Crippen LogP) is 3.03. The molecule has 0 N–H and O–H groups in total. The standard InChI is InChI=1S/C14H17N2/c1-14(2,3)13-6-4-12(5-7-13)10-16-9-8-15-11-16/h4-6,8-9,11H,10H2,1-3H3. The van der Waals surface area contributed by atoms with Crippen LogP contribution in [0.25, 0.3) is 0 Å². The predicted molar refractivity (Wildman–Crippen MR) is 65.3 cm³/mol. The second-order valence-corrected chi connectivity index (χ2v) is 5.10. The van der Waals surface area contributed by atoms with Gasteiger partial charge < -0.3 is 4.57 Å². The molecule has 16 heavy (non-hydrogen) atoms. The molecule has 0 saturated carbocycles. The van der Waals surface area contributed by atoms with Crippen LogP contribution in [0.3, 0.4) is 0 Å². The number of hydrogen-bond donors (Lipinski definition) is 0. The van der Waals surface area contributed by atoms with E-state index >= 15 is 0 Å². The lowest BCUT2D eigenvalue weighted by molar-refractivity contribution is 0.588. The normalized spacial score (nSPS) is 11.7. The largest absolute Gasteiger partial charge is 0.333 e. The molecule has 0 atom stereocenters. The summed E-state index contributed by atoms with van der Waals surface area (Å²) in [6.45, 7) is 7.47. The maximum atomic E-state index is 4.03. The summed E-state index contributed by atoms with van der Waals surface area (Å²) in [4.78, 5) is 4.03. The van der Waals surface area contributed by atoms with Gasteiger partial charge in [0.1, 0.15) is 0 Å². The van der Waals surface area contributed by atoms with Gasteiger partial charge in [-0.25, -0.2) is 4.98 Å². The maximum Gasteiger partial charge on any atom is 0.0949 e. The van der Waals surface area contributed by atoms with E-state index in [1.54, 1.807) is 6.20 Å². The number of hydrogen-bond acceptors (Lipinski definition) is 1. The van der Waals surface area contributed by atoms with Crippen molar-refractivity contribution in [1.29, 1.82) is 0 Å². The molecule has 0 amide bonds. The minimum atomic E-state index is 0.174. The number of benzene rings is 1. The van der Waals surface area contributed by atoms with Crippen LogP contribution in [0.4, 0.5) is 0 Å². The highest BCUT2D eigenvalue weighted by Crippen LogP contribution is 2.21. The average molecular weight is 213 g/mol. The third-order valence-corrected chi connectivity index (χ3v) is 2.61. The fraction of sp³-hybridized carbons (Fsp3) is 0.357. The summed E-state index contributed by atoms with van der Waals surface area (Å²) in [5, 5.41) is 0. The van der Waals surface area contributed by atoms with Gasteiger partial charge in [0.25, 0.3) is 0 Å². The Kier molecular flexibility index (Phi) is 2.82. The van der Waals surface area contributed by atoms with Crippen molar-refractivity contribution in [1.82, 2.24) is 9.55 Å². The Bertz CT molecular complexity index is 433. The van der Waals surface area contributed by atoms with Crippen LogP contribution in [-0.2, 0) is 12.0 Å². The summed E-state index contributed by atoms with van der Waals surface area (Å²) in [7, 11) is 0. The Morgan fingerprint density at radius 2 is 2.12 bits per heavy atom. The van der Waals surface area contributed by atoms with Crippen LogP contribution < -0.4 is 0 Å². The van der Waals surface area contributed by atoms with E-state index in [2.05, 4.69) is 54.6 Å². The van der Waals surface area contributed by atoms with Gasteiger partial charge in [-0.05, 0) is 28.7 Å². The zero-order valence-corrected chi connectivity index (χ0v) is 10.1. The van der Waals surface area contributed by atoms with Crippen LogP contribution in [0.1, 0.15) is 31.9 Å². The van der Waals surface area contributed by atoms with E-state index in [1.807, 2.05) is 12.5 Å². The molecule has 0 aliphatic carbocycles. The van der Waals surface area contributed by atoms with Gasteiger partial charge in [-0.1, -0.05) is 32.9 Å².